The zero-order valence-electron chi connectivity index (χ0n) is 10.9. The van der Waals surface area contributed by atoms with Crippen molar-refractivity contribution in [1.82, 2.24) is 19.9 Å². The zero-order valence-corrected chi connectivity index (χ0v) is 12.6. The summed E-state index contributed by atoms with van der Waals surface area (Å²) in [5.41, 5.74) is 0.694. The van der Waals surface area contributed by atoms with E-state index < -0.39 is 0 Å². The fraction of sp³-hybridized carbons (Fsp3) is 0.250. The summed E-state index contributed by atoms with van der Waals surface area (Å²) in [7, 11) is 1.81. The molecule has 8 heteroatoms. The molecule has 2 heterocycles. The van der Waals surface area contributed by atoms with Gasteiger partial charge in [0.05, 0.1) is 11.9 Å². The van der Waals surface area contributed by atoms with Crippen LogP contribution in [0, 0.1) is 0 Å². The van der Waals surface area contributed by atoms with Gasteiger partial charge in [-0.1, -0.05) is 0 Å². The van der Waals surface area contributed by atoms with E-state index in [0.29, 0.717) is 18.7 Å². The van der Waals surface area contributed by atoms with Gasteiger partial charge in [0.25, 0.3) is 0 Å². The van der Waals surface area contributed by atoms with Gasteiger partial charge in [-0.15, -0.1) is 24.8 Å². The van der Waals surface area contributed by atoms with Crippen LogP contribution in [0.2, 0.25) is 0 Å². The smallest absolute Gasteiger partial charge is 0.225 e. The van der Waals surface area contributed by atoms with Gasteiger partial charge in [-0.25, -0.2) is 9.97 Å². The lowest BCUT2D eigenvalue weighted by molar-refractivity contribution is -0.116. The summed E-state index contributed by atoms with van der Waals surface area (Å²) >= 11 is 0. The van der Waals surface area contributed by atoms with Gasteiger partial charge < -0.3 is 10.6 Å². The van der Waals surface area contributed by atoms with Gasteiger partial charge in [0, 0.05) is 25.4 Å². The van der Waals surface area contributed by atoms with Gasteiger partial charge in [-0.3, -0.25) is 9.36 Å². The number of halogens is 2. The van der Waals surface area contributed by atoms with Crippen LogP contribution in [0.5, 0.6) is 0 Å². The number of hydrogen-bond acceptors (Lipinski definition) is 4. The first-order valence-electron chi connectivity index (χ1n) is 5.68. The molecular weight excluding hydrogens is 301 g/mol. The van der Waals surface area contributed by atoms with Crippen molar-refractivity contribution < 1.29 is 4.79 Å². The molecule has 6 nitrogen and oxygen atoms in total. The number of pyridine rings is 1. The third-order valence-electron chi connectivity index (χ3n) is 2.40. The highest BCUT2D eigenvalue weighted by molar-refractivity contribution is 5.90. The summed E-state index contributed by atoms with van der Waals surface area (Å²) in [5, 5.41) is 5.71. The first-order valence-corrected chi connectivity index (χ1v) is 5.68. The molecule has 0 atom stereocenters. The minimum absolute atomic E-state index is 0. The molecule has 0 aliphatic heterocycles. The molecular formula is C12H17Cl2N5O. The molecule has 2 N–H and O–H groups in total. The van der Waals surface area contributed by atoms with Crippen LogP contribution in [0.3, 0.4) is 0 Å². The topological polar surface area (TPSA) is 71.8 Å². The summed E-state index contributed by atoms with van der Waals surface area (Å²) in [4.78, 5) is 19.7. The lowest BCUT2D eigenvalue weighted by Crippen LogP contribution is -2.18. The van der Waals surface area contributed by atoms with Gasteiger partial charge in [0.1, 0.15) is 12.1 Å². The Bertz CT molecular complexity index is 501. The van der Waals surface area contributed by atoms with Crippen molar-refractivity contribution in [2.24, 2.45) is 0 Å². The van der Waals surface area contributed by atoms with Crippen molar-refractivity contribution >= 4 is 36.4 Å². The van der Waals surface area contributed by atoms with Crippen molar-refractivity contribution in [3.8, 4) is 5.82 Å². The van der Waals surface area contributed by atoms with E-state index in [2.05, 4.69) is 20.6 Å². The Morgan fingerprint density at radius 3 is 2.70 bits per heavy atom. The SMILES string of the molecule is CNCCC(=O)Nc1ccc(-n2ccnc2)nc1.Cl.Cl. The van der Waals surface area contributed by atoms with Crippen molar-refractivity contribution in [1.29, 1.82) is 0 Å². The van der Waals surface area contributed by atoms with E-state index in [1.165, 1.54) is 0 Å². The fourth-order valence-electron chi connectivity index (χ4n) is 1.47. The highest BCUT2D eigenvalue weighted by Crippen LogP contribution is 2.09. The molecule has 2 aromatic rings. The number of hydrogen-bond donors (Lipinski definition) is 2. The summed E-state index contributed by atoms with van der Waals surface area (Å²) in [6, 6.07) is 3.65. The maximum atomic E-state index is 11.5. The number of rotatable bonds is 5. The molecule has 0 unspecified atom stereocenters. The van der Waals surface area contributed by atoms with Gasteiger partial charge >= 0.3 is 0 Å². The van der Waals surface area contributed by atoms with E-state index in [1.807, 2.05) is 25.4 Å². The Morgan fingerprint density at radius 2 is 2.15 bits per heavy atom. The van der Waals surface area contributed by atoms with Crippen LogP contribution in [-0.4, -0.2) is 34.0 Å². The number of nitrogens with zero attached hydrogens (tertiary/aromatic N) is 3. The standard InChI is InChI=1S/C12H15N5O.2ClH/c1-13-5-4-12(18)16-10-2-3-11(15-8-10)17-7-6-14-9-17;;/h2-3,6-9,13H,4-5H2,1H3,(H,16,18);2*1H. The van der Waals surface area contributed by atoms with E-state index in [0.717, 1.165) is 5.82 Å². The lowest BCUT2D eigenvalue weighted by atomic mass is 10.3. The molecule has 0 spiro atoms. The number of carbonyl (C=O) groups is 1. The Balaban J connectivity index is 0.00000180. The molecule has 0 aliphatic rings. The minimum atomic E-state index is -0.0264. The predicted octanol–water partition coefficient (Wildman–Crippen LogP) is 1.66. The molecule has 0 bridgehead atoms. The number of carbonyl (C=O) groups excluding carboxylic acids is 1. The summed E-state index contributed by atoms with van der Waals surface area (Å²) in [5.74, 6) is 0.738. The largest absolute Gasteiger partial charge is 0.325 e. The van der Waals surface area contributed by atoms with E-state index in [1.54, 1.807) is 23.3 Å². The normalized spacial score (nSPS) is 9.25. The zero-order chi connectivity index (χ0) is 12.8. The van der Waals surface area contributed by atoms with Gasteiger partial charge in [-0.2, -0.15) is 0 Å². The third-order valence-corrected chi connectivity index (χ3v) is 2.40. The Hall–Kier alpha value is -1.63. The number of nitrogens with one attached hydrogen (secondary N) is 2. The Morgan fingerprint density at radius 1 is 1.35 bits per heavy atom. The molecule has 2 aromatic heterocycles. The first-order chi connectivity index (χ1) is 8.79. The highest BCUT2D eigenvalue weighted by atomic mass is 35.5. The minimum Gasteiger partial charge on any atom is -0.325 e. The Kier molecular flexibility index (Phi) is 8.54. The average molecular weight is 318 g/mol. The third kappa shape index (κ3) is 5.16. The molecule has 1 amide bonds. The number of anilines is 1. The average Bonchev–Trinajstić information content (AvgIpc) is 2.91. The second-order valence-electron chi connectivity index (χ2n) is 3.78. The van der Waals surface area contributed by atoms with Crippen LogP contribution in [0.25, 0.3) is 5.82 Å². The molecule has 110 valence electrons. The van der Waals surface area contributed by atoms with Crippen LogP contribution in [0.1, 0.15) is 6.42 Å². The van der Waals surface area contributed by atoms with Crippen LogP contribution in [-0.2, 0) is 4.79 Å². The van der Waals surface area contributed by atoms with Crippen LogP contribution < -0.4 is 10.6 Å². The van der Waals surface area contributed by atoms with E-state index >= 15 is 0 Å². The molecule has 0 fully saturated rings. The molecule has 0 saturated heterocycles. The van der Waals surface area contributed by atoms with E-state index in [4.69, 9.17) is 0 Å². The molecule has 20 heavy (non-hydrogen) atoms. The molecule has 0 aliphatic carbocycles. The van der Waals surface area contributed by atoms with Crippen LogP contribution >= 0.6 is 24.8 Å². The van der Waals surface area contributed by atoms with Crippen LogP contribution in [0.15, 0.2) is 37.1 Å². The second-order valence-corrected chi connectivity index (χ2v) is 3.78. The molecule has 2 rings (SSSR count). The number of amides is 1. The molecule has 0 saturated carbocycles. The number of imidazole rings is 1. The van der Waals surface area contributed by atoms with Crippen molar-refractivity contribution in [2.75, 3.05) is 18.9 Å². The van der Waals surface area contributed by atoms with Crippen molar-refractivity contribution in [2.45, 2.75) is 6.42 Å². The van der Waals surface area contributed by atoms with Gasteiger partial charge in [0.2, 0.25) is 5.91 Å². The molecule has 0 aromatic carbocycles. The fourth-order valence-corrected chi connectivity index (χ4v) is 1.47. The van der Waals surface area contributed by atoms with E-state index in [-0.39, 0.29) is 30.7 Å². The second kappa shape index (κ2) is 9.30. The van der Waals surface area contributed by atoms with E-state index in [9.17, 15) is 4.79 Å². The maximum Gasteiger partial charge on any atom is 0.225 e. The van der Waals surface area contributed by atoms with Crippen molar-refractivity contribution in [3.63, 3.8) is 0 Å². The number of aromatic nitrogens is 3. The quantitative estimate of drug-likeness (QED) is 0.879. The lowest BCUT2D eigenvalue weighted by Gasteiger charge is -2.06. The van der Waals surface area contributed by atoms with Crippen molar-refractivity contribution in [3.05, 3.63) is 37.1 Å². The summed E-state index contributed by atoms with van der Waals surface area (Å²) in [6.45, 7) is 0.659. The molecule has 0 radical (unpaired) electrons. The monoisotopic (exact) mass is 317 g/mol. The van der Waals surface area contributed by atoms with Gasteiger partial charge in [0.15, 0.2) is 0 Å². The maximum absolute atomic E-state index is 11.5. The predicted molar refractivity (Wildman–Crippen MR) is 83.0 cm³/mol. The summed E-state index contributed by atoms with van der Waals surface area (Å²) in [6.07, 6.45) is 7.25. The first kappa shape index (κ1) is 18.4. The highest BCUT2D eigenvalue weighted by Gasteiger charge is 2.02. The van der Waals surface area contributed by atoms with Gasteiger partial charge in [-0.05, 0) is 19.2 Å². The summed E-state index contributed by atoms with van der Waals surface area (Å²) < 4.78 is 1.80. The van der Waals surface area contributed by atoms with Crippen LogP contribution in [0.4, 0.5) is 5.69 Å². The Labute approximate surface area is 129 Å².